The topological polar surface area (TPSA) is 98.1 Å². The van der Waals surface area contributed by atoms with Gasteiger partial charge in [-0.2, -0.15) is 0 Å². The molecular weight excluding hydrogens is 537 g/mol. The second-order valence-corrected chi connectivity index (χ2v) is 7.81. The van der Waals surface area contributed by atoms with Crippen LogP contribution in [-0.4, -0.2) is 74.3 Å². The van der Waals surface area contributed by atoms with Crippen LogP contribution in [0.4, 0.5) is 5.69 Å². The van der Waals surface area contributed by atoms with Gasteiger partial charge in [-0.05, 0) is 19.8 Å². The molecule has 11 heteroatoms. The number of hydrogen-bond acceptors (Lipinski definition) is 7. The number of ether oxygens (including phenoxy) is 3. The fourth-order valence-corrected chi connectivity index (χ4v) is 3.60. The number of anilines is 1. The van der Waals surface area contributed by atoms with Gasteiger partial charge in [0.1, 0.15) is 23.9 Å². The molecule has 1 saturated heterocycles. The number of aromatic nitrogens is 3. The van der Waals surface area contributed by atoms with E-state index in [2.05, 4.69) is 25.7 Å². The van der Waals surface area contributed by atoms with Crippen LogP contribution in [0.1, 0.15) is 24.5 Å². The van der Waals surface area contributed by atoms with Crippen LogP contribution in [0.2, 0.25) is 0 Å². The summed E-state index contributed by atoms with van der Waals surface area (Å²) in [4.78, 5) is 7.08. The second kappa shape index (κ2) is 13.4. The van der Waals surface area contributed by atoms with Crippen molar-refractivity contribution in [2.24, 2.45) is 12.0 Å². The Hall–Kier alpha value is -2.28. The lowest BCUT2D eigenvalue weighted by Crippen LogP contribution is -2.45. The van der Waals surface area contributed by atoms with Gasteiger partial charge in [0.05, 0.1) is 14.2 Å². The van der Waals surface area contributed by atoms with Crippen LogP contribution in [-0.2, 0) is 18.3 Å². The van der Waals surface area contributed by atoms with Crippen molar-refractivity contribution < 1.29 is 14.2 Å². The molecule has 0 radical (unpaired) electrons. The first-order valence-electron chi connectivity index (χ1n) is 10.9. The van der Waals surface area contributed by atoms with E-state index >= 15 is 0 Å². The predicted molar refractivity (Wildman–Crippen MR) is 140 cm³/mol. The van der Waals surface area contributed by atoms with E-state index in [1.807, 2.05) is 36.7 Å². The Morgan fingerprint density at radius 1 is 1.15 bits per heavy atom. The zero-order valence-corrected chi connectivity index (χ0v) is 22.5. The molecular formula is C22H36IN7O3. The van der Waals surface area contributed by atoms with E-state index in [1.54, 1.807) is 21.3 Å². The van der Waals surface area contributed by atoms with Crippen LogP contribution >= 0.6 is 24.0 Å². The molecule has 2 heterocycles. The van der Waals surface area contributed by atoms with E-state index in [1.165, 1.54) is 0 Å². The number of nitrogens with one attached hydrogen (secondary N) is 2. The summed E-state index contributed by atoms with van der Waals surface area (Å²) in [6.07, 6.45) is 1.90. The average Bonchev–Trinajstić information content (AvgIpc) is 3.41. The molecule has 3 rings (SSSR count). The van der Waals surface area contributed by atoms with Gasteiger partial charge in [0.15, 0.2) is 11.8 Å². The lowest BCUT2D eigenvalue weighted by Gasteiger charge is -2.21. The van der Waals surface area contributed by atoms with Crippen molar-refractivity contribution in [1.29, 1.82) is 0 Å². The van der Waals surface area contributed by atoms with Gasteiger partial charge in [-0.25, -0.2) is 4.99 Å². The van der Waals surface area contributed by atoms with Gasteiger partial charge in [-0.1, -0.05) is 0 Å². The Labute approximate surface area is 213 Å². The molecule has 1 fully saturated rings. The highest BCUT2D eigenvalue weighted by molar-refractivity contribution is 14.0. The van der Waals surface area contributed by atoms with Gasteiger partial charge < -0.3 is 34.3 Å². The van der Waals surface area contributed by atoms with E-state index in [9.17, 15) is 0 Å². The van der Waals surface area contributed by atoms with Gasteiger partial charge in [0.25, 0.3) is 0 Å². The normalized spacial score (nSPS) is 15.8. The Bertz CT molecular complexity index is 884. The first-order chi connectivity index (χ1) is 15.5. The molecule has 1 aliphatic rings. The molecule has 1 aromatic carbocycles. The van der Waals surface area contributed by atoms with Crippen molar-refractivity contribution in [2.45, 2.75) is 32.4 Å². The summed E-state index contributed by atoms with van der Waals surface area (Å²) < 4.78 is 18.0. The minimum atomic E-state index is 0. The second-order valence-electron chi connectivity index (χ2n) is 7.81. The number of aliphatic imine (C=N–C) groups is 1. The highest BCUT2D eigenvalue weighted by atomic mass is 127. The maximum Gasteiger partial charge on any atom is 0.191 e. The van der Waals surface area contributed by atoms with Gasteiger partial charge in [0, 0.05) is 70.3 Å². The minimum absolute atomic E-state index is 0. The number of rotatable bonds is 10. The molecule has 1 aromatic heterocycles. The summed E-state index contributed by atoms with van der Waals surface area (Å²) in [7, 11) is 7.01. The van der Waals surface area contributed by atoms with Gasteiger partial charge in [0.2, 0.25) is 0 Å². The third-order valence-electron chi connectivity index (χ3n) is 5.61. The zero-order valence-electron chi connectivity index (χ0n) is 20.1. The van der Waals surface area contributed by atoms with Crippen molar-refractivity contribution in [3.05, 3.63) is 29.8 Å². The Balaban J connectivity index is 0.00000385. The molecule has 0 saturated carbocycles. The number of benzene rings is 1. The lowest BCUT2D eigenvalue weighted by atomic mass is 10.2. The molecule has 0 spiro atoms. The summed E-state index contributed by atoms with van der Waals surface area (Å²) in [5.41, 5.74) is 1.09. The van der Waals surface area contributed by atoms with E-state index < -0.39 is 0 Å². The molecule has 1 unspecified atom stereocenters. The zero-order chi connectivity index (χ0) is 22.9. The Morgan fingerprint density at radius 3 is 2.48 bits per heavy atom. The molecule has 10 nitrogen and oxygen atoms in total. The minimum Gasteiger partial charge on any atom is -0.497 e. The third-order valence-corrected chi connectivity index (χ3v) is 5.61. The van der Waals surface area contributed by atoms with Crippen LogP contribution in [0.5, 0.6) is 11.5 Å². The molecule has 33 heavy (non-hydrogen) atoms. The Morgan fingerprint density at radius 2 is 1.88 bits per heavy atom. The quantitative estimate of drug-likeness (QED) is 0.193. The van der Waals surface area contributed by atoms with Gasteiger partial charge >= 0.3 is 0 Å². The van der Waals surface area contributed by atoms with E-state index in [0.29, 0.717) is 13.2 Å². The molecule has 2 N–H and O–H groups in total. The van der Waals surface area contributed by atoms with Crippen molar-refractivity contribution in [3.63, 3.8) is 0 Å². The fraction of sp³-hybridized carbons (Fsp3) is 0.591. The van der Waals surface area contributed by atoms with Gasteiger partial charge in [-0.3, -0.25) is 0 Å². The SMILES string of the molecule is COCCCNC(=NCc1nnc(C)n1C)NC1CCN(c2cc(OC)cc(OC)c2)C1.I. The highest BCUT2D eigenvalue weighted by Gasteiger charge is 2.24. The summed E-state index contributed by atoms with van der Waals surface area (Å²) >= 11 is 0. The fourth-order valence-electron chi connectivity index (χ4n) is 3.60. The molecule has 1 atom stereocenters. The van der Waals surface area contributed by atoms with Gasteiger partial charge in [-0.15, -0.1) is 34.2 Å². The maximum absolute atomic E-state index is 5.42. The van der Waals surface area contributed by atoms with Crippen molar-refractivity contribution in [3.8, 4) is 11.5 Å². The average molecular weight is 573 g/mol. The van der Waals surface area contributed by atoms with Crippen molar-refractivity contribution in [1.82, 2.24) is 25.4 Å². The maximum atomic E-state index is 5.42. The number of methoxy groups -OCH3 is 3. The lowest BCUT2D eigenvalue weighted by molar-refractivity contribution is 0.195. The van der Waals surface area contributed by atoms with Crippen LogP contribution in [0.25, 0.3) is 0 Å². The molecule has 2 aromatic rings. The third kappa shape index (κ3) is 7.63. The summed E-state index contributed by atoms with van der Waals surface area (Å²) in [5, 5.41) is 15.3. The number of nitrogens with zero attached hydrogens (tertiary/aromatic N) is 5. The van der Waals surface area contributed by atoms with E-state index in [4.69, 9.17) is 19.2 Å². The predicted octanol–water partition coefficient (Wildman–Crippen LogP) is 2.11. The summed E-state index contributed by atoms with van der Waals surface area (Å²) in [5.74, 6) is 4.06. The van der Waals surface area contributed by atoms with Crippen LogP contribution < -0.4 is 25.0 Å². The van der Waals surface area contributed by atoms with Crippen LogP contribution in [0, 0.1) is 6.92 Å². The number of aryl methyl sites for hydroxylation is 1. The van der Waals surface area contributed by atoms with Crippen LogP contribution in [0.15, 0.2) is 23.2 Å². The first kappa shape index (κ1) is 27.0. The van der Waals surface area contributed by atoms with E-state index in [0.717, 1.165) is 67.3 Å². The molecule has 184 valence electrons. The monoisotopic (exact) mass is 573 g/mol. The Kier molecular flexibility index (Phi) is 11.0. The van der Waals surface area contributed by atoms with Crippen molar-refractivity contribution >= 4 is 35.6 Å². The number of guanidine groups is 1. The number of hydrogen-bond donors (Lipinski definition) is 2. The standard InChI is InChI=1S/C22H35N7O3.HI/c1-16-26-27-21(28(16)2)14-24-22(23-8-6-10-30-3)25-17-7-9-29(15-17)18-11-19(31-4)13-20(12-18)32-5;/h11-13,17H,6-10,14-15H2,1-5H3,(H2,23,24,25);1H. The molecule has 0 bridgehead atoms. The first-order valence-corrected chi connectivity index (χ1v) is 10.9. The largest absolute Gasteiger partial charge is 0.497 e. The highest BCUT2D eigenvalue weighted by Crippen LogP contribution is 2.30. The summed E-state index contributed by atoms with van der Waals surface area (Å²) in [6, 6.07) is 6.23. The van der Waals surface area contributed by atoms with Crippen LogP contribution in [0.3, 0.4) is 0 Å². The summed E-state index contributed by atoms with van der Waals surface area (Å²) in [6.45, 7) is 5.67. The molecule has 1 aliphatic heterocycles. The molecule has 0 aliphatic carbocycles. The van der Waals surface area contributed by atoms with Crippen molar-refractivity contribution in [2.75, 3.05) is 52.5 Å². The van der Waals surface area contributed by atoms with E-state index in [-0.39, 0.29) is 30.0 Å². The molecule has 0 amide bonds. The number of halogens is 1. The smallest absolute Gasteiger partial charge is 0.191 e.